The van der Waals surface area contributed by atoms with Gasteiger partial charge in [-0.3, -0.25) is 0 Å². The number of hydrogen-bond donors (Lipinski definition) is 1. The van der Waals surface area contributed by atoms with Gasteiger partial charge in [-0.15, -0.1) is 11.3 Å². The molecule has 26 heavy (non-hydrogen) atoms. The number of thiophene rings is 1. The molecule has 1 saturated carbocycles. The summed E-state index contributed by atoms with van der Waals surface area (Å²) in [7, 11) is 2.20. The molecule has 1 fully saturated rings. The molecular formula is C21H22ClN3S. The SMILES string of the molecule is CN1CCc2sc(C3=CCn4c(C(N)=C5CC5)cc(Cl)c4C=C3)cc2C1. The van der Waals surface area contributed by atoms with Crippen LogP contribution in [0.5, 0.6) is 0 Å². The minimum Gasteiger partial charge on any atom is -0.397 e. The first-order chi connectivity index (χ1) is 12.6. The van der Waals surface area contributed by atoms with E-state index in [4.69, 9.17) is 17.3 Å². The van der Waals surface area contributed by atoms with E-state index in [1.54, 1.807) is 0 Å². The van der Waals surface area contributed by atoms with Crippen LogP contribution in [-0.4, -0.2) is 23.1 Å². The highest BCUT2D eigenvalue weighted by molar-refractivity contribution is 7.13. The van der Waals surface area contributed by atoms with Crippen LogP contribution in [0.4, 0.5) is 0 Å². The number of fused-ring (bicyclic) bond motifs is 2. The van der Waals surface area contributed by atoms with Crippen molar-refractivity contribution in [3.05, 3.63) is 61.6 Å². The molecule has 3 aliphatic rings. The molecule has 2 N–H and O–H groups in total. The van der Waals surface area contributed by atoms with Gasteiger partial charge in [-0.25, -0.2) is 0 Å². The normalized spacial score (nSPS) is 19.0. The lowest BCUT2D eigenvalue weighted by molar-refractivity contribution is 0.315. The molecule has 2 aromatic rings. The molecule has 0 atom stereocenters. The van der Waals surface area contributed by atoms with Gasteiger partial charge >= 0.3 is 0 Å². The summed E-state index contributed by atoms with van der Waals surface area (Å²) >= 11 is 8.46. The van der Waals surface area contributed by atoms with Crippen molar-refractivity contribution in [1.29, 1.82) is 0 Å². The van der Waals surface area contributed by atoms with E-state index in [2.05, 4.69) is 40.8 Å². The molecule has 1 aliphatic carbocycles. The second-order valence-electron chi connectivity index (χ2n) is 7.43. The maximum atomic E-state index is 6.52. The molecule has 0 radical (unpaired) electrons. The van der Waals surface area contributed by atoms with Gasteiger partial charge in [0.25, 0.3) is 0 Å². The minimum atomic E-state index is 0.780. The largest absolute Gasteiger partial charge is 0.397 e. The van der Waals surface area contributed by atoms with Crippen LogP contribution in [0.3, 0.4) is 0 Å². The molecule has 0 amide bonds. The number of halogens is 1. The summed E-state index contributed by atoms with van der Waals surface area (Å²) in [6, 6.07) is 4.38. The van der Waals surface area contributed by atoms with Crippen LogP contribution >= 0.6 is 22.9 Å². The van der Waals surface area contributed by atoms with Crippen LogP contribution in [0, 0.1) is 0 Å². The van der Waals surface area contributed by atoms with Crippen LogP contribution in [0.25, 0.3) is 17.3 Å². The summed E-state index contributed by atoms with van der Waals surface area (Å²) in [5.41, 5.74) is 13.5. The first kappa shape index (κ1) is 16.4. The summed E-state index contributed by atoms with van der Waals surface area (Å²) in [5, 5.41) is 0.780. The number of aromatic nitrogens is 1. The van der Waals surface area contributed by atoms with Crippen LogP contribution < -0.4 is 5.73 Å². The van der Waals surface area contributed by atoms with Crippen LogP contribution in [0.2, 0.25) is 5.02 Å². The Morgan fingerprint density at radius 2 is 2.04 bits per heavy atom. The van der Waals surface area contributed by atoms with Gasteiger partial charge in [0.1, 0.15) is 0 Å². The topological polar surface area (TPSA) is 34.2 Å². The summed E-state index contributed by atoms with van der Waals surface area (Å²) in [5.74, 6) is 0. The average Bonchev–Trinajstić information content (AvgIpc) is 3.36. The lowest BCUT2D eigenvalue weighted by Gasteiger charge is -2.21. The smallest absolute Gasteiger partial charge is 0.0664 e. The second kappa shape index (κ2) is 6.15. The molecule has 0 spiro atoms. The molecule has 5 rings (SSSR count). The Labute approximate surface area is 163 Å². The van der Waals surface area contributed by atoms with Gasteiger partial charge in [0, 0.05) is 29.4 Å². The molecule has 0 saturated heterocycles. The van der Waals surface area contributed by atoms with Crippen molar-refractivity contribution in [3.8, 4) is 0 Å². The van der Waals surface area contributed by atoms with E-state index in [0.29, 0.717) is 0 Å². The molecule has 0 unspecified atom stereocenters. The van der Waals surface area contributed by atoms with Crippen molar-refractivity contribution >= 4 is 40.3 Å². The van der Waals surface area contributed by atoms with E-state index in [1.807, 2.05) is 17.4 Å². The first-order valence-electron chi connectivity index (χ1n) is 9.16. The van der Waals surface area contributed by atoms with Gasteiger partial charge < -0.3 is 15.2 Å². The van der Waals surface area contributed by atoms with E-state index in [9.17, 15) is 0 Å². The van der Waals surface area contributed by atoms with Crippen LogP contribution in [0.15, 0.2) is 29.9 Å². The van der Waals surface area contributed by atoms with Gasteiger partial charge in [0.05, 0.1) is 22.1 Å². The van der Waals surface area contributed by atoms with Gasteiger partial charge in [-0.1, -0.05) is 23.8 Å². The lowest BCUT2D eigenvalue weighted by atomic mass is 10.1. The van der Waals surface area contributed by atoms with Crippen LogP contribution in [-0.2, 0) is 19.5 Å². The Morgan fingerprint density at radius 3 is 2.85 bits per heavy atom. The zero-order chi connectivity index (χ0) is 17.8. The Balaban J connectivity index is 1.50. The number of nitrogens with zero attached hydrogens (tertiary/aromatic N) is 2. The summed E-state index contributed by atoms with van der Waals surface area (Å²) in [6.45, 7) is 3.01. The highest BCUT2D eigenvalue weighted by atomic mass is 35.5. The molecule has 5 heteroatoms. The third-order valence-corrected chi connectivity index (χ3v) is 7.09. The van der Waals surface area contributed by atoms with Crippen molar-refractivity contribution < 1.29 is 0 Å². The zero-order valence-corrected chi connectivity index (χ0v) is 16.5. The third-order valence-electron chi connectivity index (χ3n) is 5.50. The van der Waals surface area contributed by atoms with E-state index < -0.39 is 0 Å². The minimum absolute atomic E-state index is 0.780. The fourth-order valence-corrected chi connectivity index (χ4v) is 5.31. The number of hydrogen-bond acceptors (Lipinski definition) is 3. The second-order valence-corrected chi connectivity index (χ2v) is 8.97. The van der Waals surface area contributed by atoms with Crippen molar-refractivity contribution in [3.63, 3.8) is 0 Å². The maximum Gasteiger partial charge on any atom is 0.0664 e. The summed E-state index contributed by atoms with van der Waals surface area (Å²) < 4.78 is 2.24. The van der Waals surface area contributed by atoms with Gasteiger partial charge in [0.15, 0.2) is 0 Å². The highest BCUT2D eigenvalue weighted by Gasteiger charge is 2.23. The third kappa shape index (κ3) is 2.77. The molecule has 3 nitrogen and oxygen atoms in total. The Hall–Kier alpha value is -1.75. The molecule has 134 valence electrons. The Kier molecular flexibility index (Phi) is 3.89. The number of likely N-dealkylation sites (N-methyl/N-ethyl adjacent to an activating group) is 1. The molecule has 2 aromatic heterocycles. The molecule has 0 aromatic carbocycles. The summed E-state index contributed by atoms with van der Waals surface area (Å²) in [4.78, 5) is 5.29. The Morgan fingerprint density at radius 1 is 1.19 bits per heavy atom. The molecule has 0 bridgehead atoms. The van der Waals surface area contributed by atoms with Gasteiger partial charge in [-0.2, -0.15) is 0 Å². The van der Waals surface area contributed by atoms with Gasteiger partial charge in [-0.05, 0) is 61.2 Å². The predicted octanol–water partition coefficient (Wildman–Crippen LogP) is 4.76. The van der Waals surface area contributed by atoms with Crippen LogP contribution in [0.1, 0.15) is 39.5 Å². The number of allylic oxidation sites excluding steroid dienone is 4. The lowest BCUT2D eigenvalue weighted by Crippen LogP contribution is -2.25. The molecular weight excluding hydrogens is 362 g/mol. The average molecular weight is 384 g/mol. The zero-order valence-electron chi connectivity index (χ0n) is 14.9. The summed E-state index contributed by atoms with van der Waals surface area (Å²) in [6.07, 6.45) is 10.1. The van der Waals surface area contributed by atoms with Crippen molar-refractivity contribution in [2.24, 2.45) is 5.73 Å². The molecule has 2 aliphatic heterocycles. The Bertz CT molecular complexity index is 983. The van der Waals surface area contributed by atoms with Crippen molar-refractivity contribution in [2.75, 3.05) is 13.6 Å². The first-order valence-corrected chi connectivity index (χ1v) is 10.3. The number of rotatable bonds is 2. The standard InChI is InChI=1S/C21H22ClN3S/c1-24-8-7-19-15(12-24)10-20(26-19)13-4-5-17-16(22)11-18(25(17)9-6-13)21(23)14-2-3-14/h4-6,10-11H,2-3,7-9,12,23H2,1H3. The fourth-order valence-electron chi connectivity index (χ4n) is 3.86. The van der Waals surface area contributed by atoms with Crippen molar-refractivity contribution in [1.82, 2.24) is 9.47 Å². The fraction of sp³-hybridized carbons (Fsp3) is 0.333. The van der Waals surface area contributed by atoms with E-state index in [1.165, 1.54) is 26.5 Å². The predicted molar refractivity (Wildman–Crippen MR) is 111 cm³/mol. The van der Waals surface area contributed by atoms with E-state index in [0.717, 1.165) is 61.0 Å². The van der Waals surface area contributed by atoms with E-state index in [-0.39, 0.29) is 0 Å². The maximum absolute atomic E-state index is 6.52. The quantitative estimate of drug-likeness (QED) is 0.810. The van der Waals surface area contributed by atoms with Gasteiger partial charge in [0.2, 0.25) is 0 Å². The number of nitrogens with two attached hydrogens (primary N) is 1. The highest BCUT2D eigenvalue weighted by Crippen LogP contribution is 2.38. The monoisotopic (exact) mass is 383 g/mol. The molecule has 4 heterocycles. The van der Waals surface area contributed by atoms with E-state index >= 15 is 0 Å². The van der Waals surface area contributed by atoms with Crippen molar-refractivity contribution in [2.45, 2.75) is 32.4 Å².